The second kappa shape index (κ2) is 9.15. The maximum atomic E-state index is 12.7. The lowest BCUT2D eigenvalue weighted by atomic mass is 9.54. The number of hydrogen-bond donors (Lipinski definition) is 2. The molecule has 1 amide bonds. The van der Waals surface area contributed by atoms with Gasteiger partial charge in [0.25, 0.3) is 0 Å². The summed E-state index contributed by atoms with van der Waals surface area (Å²) in [6, 6.07) is 3.82. The fraction of sp³-hybridized carbons (Fsp3) is 0.577. The van der Waals surface area contributed by atoms with Crippen molar-refractivity contribution in [2.75, 3.05) is 12.4 Å². The summed E-state index contributed by atoms with van der Waals surface area (Å²) >= 11 is 7.99. The minimum Gasteiger partial charge on any atom is -0.506 e. The number of aryl methyl sites for hydroxylation is 1. The van der Waals surface area contributed by atoms with Crippen molar-refractivity contribution < 1.29 is 14.7 Å². The minimum absolute atomic E-state index is 0.0110. The van der Waals surface area contributed by atoms with Gasteiger partial charge in [0.2, 0.25) is 5.91 Å². The first-order valence-corrected chi connectivity index (χ1v) is 13.3. The number of halogens is 1. The molecule has 0 radical (unpaired) electrons. The predicted octanol–water partition coefficient (Wildman–Crippen LogP) is 6.31. The van der Waals surface area contributed by atoms with Crippen molar-refractivity contribution in [2.45, 2.75) is 64.7 Å². The first-order chi connectivity index (χ1) is 16.3. The molecule has 0 saturated heterocycles. The van der Waals surface area contributed by atoms with Crippen molar-refractivity contribution in [3.8, 4) is 5.75 Å². The van der Waals surface area contributed by atoms with E-state index < -0.39 is 0 Å². The Labute approximate surface area is 209 Å². The summed E-state index contributed by atoms with van der Waals surface area (Å²) in [6.07, 6.45) is 8.00. The molecular formula is C26H32ClN3O3S. The van der Waals surface area contributed by atoms with Gasteiger partial charge in [0.1, 0.15) is 12.9 Å². The number of benzene rings is 1. The van der Waals surface area contributed by atoms with Gasteiger partial charge in [0.05, 0.1) is 10.7 Å². The molecule has 0 aliphatic heterocycles. The third-order valence-electron chi connectivity index (χ3n) is 8.51. The maximum Gasteiger partial charge on any atom is 0.226 e. The number of phenols is 1. The molecule has 34 heavy (non-hydrogen) atoms. The summed E-state index contributed by atoms with van der Waals surface area (Å²) in [5.74, 6) is 1.95. The lowest BCUT2D eigenvalue weighted by molar-refractivity contribution is -0.116. The van der Waals surface area contributed by atoms with Crippen LogP contribution >= 0.6 is 22.9 Å². The molecule has 8 heteroatoms. The average Bonchev–Trinajstić information content (AvgIpc) is 3.34. The highest BCUT2D eigenvalue weighted by molar-refractivity contribution is 7.15. The number of oxime groups is 1. The summed E-state index contributed by atoms with van der Waals surface area (Å²) < 4.78 is 0. The maximum absolute atomic E-state index is 12.7. The van der Waals surface area contributed by atoms with Crippen molar-refractivity contribution in [3.05, 3.63) is 39.4 Å². The van der Waals surface area contributed by atoms with Gasteiger partial charge >= 0.3 is 0 Å². The SMILES string of the molecule is CON=C1C[C@@H](CCC(=O)Nc2ncc(C)s2)C2C3CCc4c(ccc(O)c4Cl)C3CC[C@]12C. The number of fused-ring (bicyclic) bond motifs is 5. The highest BCUT2D eigenvalue weighted by atomic mass is 35.5. The highest BCUT2D eigenvalue weighted by Crippen LogP contribution is 2.63. The van der Waals surface area contributed by atoms with Crippen molar-refractivity contribution in [2.24, 2.45) is 28.3 Å². The van der Waals surface area contributed by atoms with Gasteiger partial charge in [-0.3, -0.25) is 4.79 Å². The molecule has 1 aromatic heterocycles. The third-order valence-corrected chi connectivity index (χ3v) is 9.76. The zero-order valence-electron chi connectivity index (χ0n) is 19.9. The van der Waals surface area contributed by atoms with Crippen LogP contribution in [0.4, 0.5) is 5.13 Å². The Hall–Kier alpha value is -2.12. The Balaban J connectivity index is 1.39. The summed E-state index contributed by atoms with van der Waals surface area (Å²) in [6.45, 7) is 4.34. The van der Waals surface area contributed by atoms with Crippen LogP contribution in [0.2, 0.25) is 5.02 Å². The van der Waals surface area contributed by atoms with Gasteiger partial charge in [0.15, 0.2) is 5.13 Å². The van der Waals surface area contributed by atoms with Crippen molar-refractivity contribution in [1.82, 2.24) is 4.98 Å². The molecule has 3 aliphatic carbocycles. The Kier molecular flexibility index (Phi) is 6.36. The summed E-state index contributed by atoms with van der Waals surface area (Å²) in [4.78, 5) is 23.3. The third kappa shape index (κ3) is 4.01. The van der Waals surface area contributed by atoms with E-state index in [9.17, 15) is 9.90 Å². The Morgan fingerprint density at radius 1 is 1.41 bits per heavy atom. The van der Waals surface area contributed by atoms with E-state index in [1.54, 1.807) is 19.4 Å². The molecule has 5 rings (SSSR count). The molecule has 3 unspecified atom stereocenters. The van der Waals surface area contributed by atoms with Gasteiger partial charge in [-0.2, -0.15) is 0 Å². The summed E-state index contributed by atoms with van der Waals surface area (Å²) in [5, 5.41) is 18.8. The van der Waals surface area contributed by atoms with Crippen molar-refractivity contribution in [3.63, 3.8) is 0 Å². The van der Waals surface area contributed by atoms with E-state index >= 15 is 0 Å². The monoisotopic (exact) mass is 501 g/mol. The highest BCUT2D eigenvalue weighted by Gasteiger charge is 2.57. The van der Waals surface area contributed by atoms with Crippen LogP contribution in [0.5, 0.6) is 5.75 Å². The largest absolute Gasteiger partial charge is 0.506 e. The molecule has 5 atom stereocenters. The summed E-state index contributed by atoms with van der Waals surface area (Å²) in [5.41, 5.74) is 3.55. The van der Waals surface area contributed by atoms with E-state index in [4.69, 9.17) is 16.4 Å². The normalized spacial score (nSPS) is 31.0. The second-order valence-corrected chi connectivity index (χ2v) is 11.9. The van der Waals surface area contributed by atoms with Gasteiger partial charge in [-0.25, -0.2) is 4.98 Å². The van der Waals surface area contributed by atoms with Crippen molar-refractivity contribution >= 4 is 39.7 Å². The molecule has 3 aliphatic rings. The molecule has 2 N–H and O–H groups in total. The number of thiazole rings is 1. The molecule has 2 saturated carbocycles. The second-order valence-electron chi connectivity index (χ2n) is 10.3. The predicted molar refractivity (Wildman–Crippen MR) is 136 cm³/mol. The van der Waals surface area contributed by atoms with Crippen LogP contribution < -0.4 is 5.32 Å². The van der Waals surface area contributed by atoms with E-state index in [2.05, 4.69) is 28.4 Å². The molecule has 0 spiro atoms. The van der Waals surface area contributed by atoms with E-state index in [1.807, 2.05) is 6.92 Å². The molecule has 6 nitrogen and oxygen atoms in total. The number of anilines is 1. The number of phenolic OH excluding ortho intramolecular Hbond substituents is 1. The van der Waals surface area contributed by atoms with Gasteiger partial charge < -0.3 is 15.3 Å². The van der Waals surface area contributed by atoms with Gasteiger partial charge in [-0.05, 0) is 86.3 Å². The van der Waals surface area contributed by atoms with Crippen LogP contribution in [0.3, 0.4) is 0 Å². The van der Waals surface area contributed by atoms with Gasteiger partial charge in [-0.15, -0.1) is 11.3 Å². The Morgan fingerprint density at radius 2 is 2.24 bits per heavy atom. The number of aromatic hydroxyl groups is 1. The molecule has 0 bridgehead atoms. The molecular weight excluding hydrogens is 470 g/mol. The van der Waals surface area contributed by atoms with Gasteiger partial charge in [0, 0.05) is 22.9 Å². The quantitative estimate of drug-likeness (QED) is 0.470. The zero-order chi connectivity index (χ0) is 24.0. The molecule has 2 aromatic rings. The number of rotatable bonds is 5. The lowest BCUT2D eigenvalue weighted by Crippen LogP contribution is -2.44. The zero-order valence-corrected chi connectivity index (χ0v) is 21.5. The van der Waals surface area contributed by atoms with Crippen LogP contribution in [0.15, 0.2) is 23.5 Å². The van der Waals surface area contributed by atoms with Crippen LogP contribution in [-0.2, 0) is 16.1 Å². The summed E-state index contributed by atoms with van der Waals surface area (Å²) in [7, 11) is 1.62. The molecule has 2 fully saturated rings. The number of hydrogen-bond acceptors (Lipinski definition) is 6. The molecule has 182 valence electrons. The molecule has 1 aromatic carbocycles. The average molecular weight is 502 g/mol. The first kappa shape index (κ1) is 23.6. The van der Waals surface area contributed by atoms with Crippen LogP contribution in [0.25, 0.3) is 0 Å². The van der Waals surface area contributed by atoms with E-state index in [0.29, 0.717) is 40.2 Å². The van der Waals surface area contributed by atoms with E-state index in [0.717, 1.165) is 54.7 Å². The number of nitrogens with zero attached hydrogens (tertiary/aromatic N) is 2. The molecule has 1 heterocycles. The number of carbonyl (C=O) groups excluding carboxylic acids is 1. The fourth-order valence-corrected chi connectivity index (χ4v) is 8.07. The number of amides is 1. The van der Waals surface area contributed by atoms with Crippen LogP contribution in [0, 0.1) is 30.1 Å². The van der Waals surface area contributed by atoms with E-state index in [1.165, 1.54) is 16.9 Å². The first-order valence-electron chi connectivity index (χ1n) is 12.1. The van der Waals surface area contributed by atoms with E-state index in [-0.39, 0.29) is 17.1 Å². The minimum atomic E-state index is -0.0110. The lowest BCUT2D eigenvalue weighted by Gasteiger charge is -2.50. The number of aromatic nitrogens is 1. The Morgan fingerprint density at radius 3 is 2.97 bits per heavy atom. The fourth-order valence-electron chi connectivity index (χ4n) is 7.12. The van der Waals surface area contributed by atoms with Gasteiger partial charge in [-0.1, -0.05) is 29.7 Å². The Bertz CT molecular complexity index is 1130. The standard InChI is InChI=1S/C26H32ClN3O3S/c1-14-13-28-25(34-14)29-22(32)9-4-15-12-21(30-33-3)26(2)11-10-17-16-7-8-20(31)24(27)19(16)6-5-18(17)23(15)26/h7-8,13,15,17-18,23,31H,4-6,9-12H2,1-3H3,(H,28,29,32)/t15-,17?,18?,23?,26-/m1/s1. The smallest absolute Gasteiger partial charge is 0.226 e. The topological polar surface area (TPSA) is 83.8 Å². The van der Waals surface area contributed by atoms with Crippen LogP contribution in [0.1, 0.15) is 67.4 Å². The number of carbonyl (C=O) groups is 1. The van der Waals surface area contributed by atoms with Crippen LogP contribution in [-0.4, -0.2) is 28.8 Å². The number of nitrogens with one attached hydrogen (secondary N) is 1. The van der Waals surface area contributed by atoms with Crippen molar-refractivity contribution in [1.29, 1.82) is 0 Å².